The Labute approximate surface area is 196 Å². The Kier molecular flexibility index (Phi) is 4.73. The number of benzene rings is 3. The van der Waals surface area contributed by atoms with Crippen molar-refractivity contribution in [1.29, 1.82) is 0 Å². The van der Waals surface area contributed by atoms with E-state index in [1.165, 1.54) is 0 Å². The van der Waals surface area contributed by atoms with Gasteiger partial charge in [0.1, 0.15) is 18.6 Å². The highest BCUT2D eigenvalue weighted by molar-refractivity contribution is 6.09. The first-order valence-electron chi connectivity index (χ1n) is 11.2. The van der Waals surface area contributed by atoms with E-state index in [1.54, 1.807) is 6.07 Å². The molecule has 0 aliphatic carbocycles. The van der Waals surface area contributed by atoms with Crippen LogP contribution in [0.25, 0.3) is 55.7 Å². The molecule has 0 N–H and O–H groups in total. The van der Waals surface area contributed by atoms with E-state index in [1.807, 2.05) is 80.0 Å². The van der Waals surface area contributed by atoms with Crippen molar-refractivity contribution in [1.82, 2.24) is 4.98 Å². The van der Waals surface area contributed by atoms with Crippen molar-refractivity contribution >= 4 is 22.1 Å². The summed E-state index contributed by atoms with van der Waals surface area (Å²) in [6.45, 7) is 2.06. The normalized spacial score (nSPS) is 11.4. The number of fused-ring (bicyclic) bond motifs is 3. The van der Waals surface area contributed by atoms with E-state index in [0.29, 0.717) is 16.7 Å². The van der Waals surface area contributed by atoms with E-state index >= 15 is 4.39 Å². The first-order chi connectivity index (χ1) is 16.6. The van der Waals surface area contributed by atoms with E-state index < -0.39 is 0 Å². The molecule has 0 aliphatic heterocycles. The molecule has 164 valence electrons. The van der Waals surface area contributed by atoms with Crippen LogP contribution in [-0.2, 0) is 7.05 Å². The van der Waals surface area contributed by atoms with Gasteiger partial charge in [0.05, 0.1) is 10.9 Å². The molecule has 0 radical (unpaired) electrons. The third-order valence-corrected chi connectivity index (χ3v) is 6.37. The van der Waals surface area contributed by atoms with E-state index in [2.05, 4.69) is 34.7 Å². The van der Waals surface area contributed by atoms with Gasteiger partial charge in [-0.3, -0.25) is 0 Å². The molecule has 6 aromatic rings. The van der Waals surface area contributed by atoms with Crippen LogP contribution in [0, 0.1) is 12.7 Å². The summed E-state index contributed by atoms with van der Waals surface area (Å²) in [5.74, 6) is -0.366. The molecule has 3 nitrogen and oxygen atoms in total. The zero-order valence-electron chi connectivity index (χ0n) is 18.9. The summed E-state index contributed by atoms with van der Waals surface area (Å²) in [5, 5.41) is 1.54. The summed E-state index contributed by atoms with van der Waals surface area (Å²) in [7, 11) is 2.01. The van der Waals surface area contributed by atoms with Crippen LogP contribution < -0.4 is 4.57 Å². The van der Waals surface area contributed by atoms with Crippen molar-refractivity contribution < 1.29 is 13.4 Å². The van der Waals surface area contributed by atoms with Gasteiger partial charge in [-0.05, 0) is 35.7 Å². The number of aromatic nitrogens is 2. The second-order valence-electron chi connectivity index (χ2n) is 8.55. The third kappa shape index (κ3) is 3.27. The van der Waals surface area contributed by atoms with E-state index in [-0.39, 0.29) is 11.5 Å². The number of furan rings is 1. The van der Waals surface area contributed by atoms with Crippen LogP contribution >= 0.6 is 0 Å². The zero-order valence-corrected chi connectivity index (χ0v) is 18.9. The summed E-state index contributed by atoms with van der Waals surface area (Å²) < 4.78 is 23.6. The molecule has 0 atom stereocenters. The highest BCUT2D eigenvalue weighted by Crippen LogP contribution is 2.38. The van der Waals surface area contributed by atoms with Gasteiger partial charge in [0.15, 0.2) is 11.8 Å². The highest BCUT2D eigenvalue weighted by atomic mass is 19.1. The van der Waals surface area contributed by atoms with Crippen LogP contribution in [0.1, 0.15) is 5.56 Å². The molecular formula is C30H22FN2O+. The smallest absolute Gasteiger partial charge is 0.228 e. The molecule has 0 bridgehead atoms. The summed E-state index contributed by atoms with van der Waals surface area (Å²) in [5.41, 5.74) is 7.46. The standard InChI is InChI=1S/C30H22FN2O/c1-19-11-16-23-24-18-25(31)28(22-14-12-21(13-15-22)20-8-4-3-5-9-20)32-30(24)34-29(23)27(19)26-10-6-7-17-33(26)2/h3-18H,1-2H3/q+1. The topological polar surface area (TPSA) is 29.9 Å². The second-order valence-corrected chi connectivity index (χ2v) is 8.55. The lowest BCUT2D eigenvalue weighted by molar-refractivity contribution is -0.660. The van der Waals surface area contributed by atoms with E-state index in [4.69, 9.17) is 4.42 Å². The van der Waals surface area contributed by atoms with Crippen molar-refractivity contribution in [2.45, 2.75) is 6.92 Å². The van der Waals surface area contributed by atoms with Crippen LogP contribution in [-0.4, -0.2) is 4.98 Å². The number of hydrogen-bond donors (Lipinski definition) is 0. The predicted octanol–water partition coefficient (Wildman–Crippen LogP) is 7.25. The van der Waals surface area contributed by atoms with Gasteiger partial charge in [0.2, 0.25) is 11.4 Å². The molecule has 4 heteroatoms. The molecule has 6 rings (SSSR count). The quantitative estimate of drug-likeness (QED) is 0.269. The Bertz CT molecular complexity index is 1670. The first kappa shape index (κ1) is 20.3. The number of halogens is 1. The van der Waals surface area contributed by atoms with Gasteiger partial charge >= 0.3 is 0 Å². The summed E-state index contributed by atoms with van der Waals surface area (Å²) in [6, 6.07) is 29.5. The molecule has 0 fully saturated rings. The van der Waals surface area contributed by atoms with Crippen LogP contribution in [0.3, 0.4) is 0 Å². The monoisotopic (exact) mass is 445 g/mol. The molecule has 3 heterocycles. The third-order valence-electron chi connectivity index (χ3n) is 6.37. The van der Waals surface area contributed by atoms with E-state index in [0.717, 1.165) is 38.9 Å². The minimum absolute atomic E-state index is 0.287. The molecule has 0 saturated heterocycles. The summed E-state index contributed by atoms with van der Waals surface area (Å²) in [6.07, 6.45) is 2.01. The molecule has 34 heavy (non-hydrogen) atoms. The predicted molar refractivity (Wildman–Crippen MR) is 134 cm³/mol. The van der Waals surface area contributed by atoms with Crippen molar-refractivity contribution in [2.75, 3.05) is 0 Å². The Morgan fingerprint density at radius 3 is 2.24 bits per heavy atom. The Morgan fingerprint density at radius 1 is 0.765 bits per heavy atom. The van der Waals surface area contributed by atoms with Crippen LogP contribution in [0.15, 0.2) is 102 Å². The number of pyridine rings is 2. The summed E-state index contributed by atoms with van der Waals surface area (Å²) >= 11 is 0. The van der Waals surface area contributed by atoms with E-state index in [9.17, 15) is 0 Å². The maximum Gasteiger partial charge on any atom is 0.228 e. The maximum atomic E-state index is 15.3. The average molecular weight is 446 g/mol. The highest BCUT2D eigenvalue weighted by Gasteiger charge is 2.22. The Morgan fingerprint density at radius 2 is 1.47 bits per heavy atom. The van der Waals surface area contributed by atoms with Crippen LogP contribution in [0.2, 0.25) is 0 Å². The molecule has 0 aliphatic rings. The van der Waals surface area contributed by atoms with Gasteiger partial charge in [-0.15, -0.1) is 0 Å². The lowest BCUT2D eigenvalue weighted by Crippen LogP contribution is -2.30. The summed E-state index contributed by atoms with van der Waals surface area (Å²) in [4.78, 5) is 4.62. The molecule has 0 saturated carbocycles. The molecule has 0 spiro atoms. The fourth-order valence-electron chi connectivity index (χ4n) is 4.59. The molecular weight excluding hydrogens is 423 g/mol. The van der Waals surface area contributed by atoms with Gasteiger partial charge in [-0.2, -0.15) is 0 Å². The maximum absolute atomic E-state index is 15.3. The van der Waals surface area contributed by atoms with Crippen molar-refractivity contribution in [3.63, 3.8) is 0 Å². The second kappa shape index (κ2) is 7.92. The lowest BCUT2D eigenvalue weighted by Gasteiger charge is -2.05. The van der Waals surface area contributed by atoms with Gasteiger partial charge in [-0.25, -0.2) is 13.9 Å². The molecule has 0 unspecified atom stereocenters. The number of nitrogens with zero attached hydrogens (tertiary/aromatic N) is 2. The minimum atomic E-state index is -0.366. The van der Waals surface area contributed by atoms with Crippen LogP contribution in [0.4, 0.5) is 4.39 Å². The molecule has 3 aromatic heterocycles. The van der Waals surface area contributed by atoms with Crippen molar-refractivity contribution in [2.24, 2.45) is 7.05 Å². The van der Waals surface area contributed by atoms with Gasteiger partial charge in [0.25, 0.3) is 0 Å². The van der Waals surface area contributed by atoms with Gasteiger partial charge < -0.3 is 4.42 Å². The van der Waals surface area contributed by atoms with Crippen LogP contribution in [0.5, 0.6) is 0 Å². The lowest BCUT2D eigenvalue weighted by atomic mass is 10.0. The molecule has 3 aromatic carbocycles. The fourth-order valence-corrected chi connectivity index (χ4v) is 4.59. The number of rotatable bonds is 3. The Balaban J connectivity index is 1.51. The van der Waals surface area contributed by atoms with Crippen molar-refractivity contribution in [3.8, 4) is 33.6 Å². The minimum Gasteiger partial charge on any atom is -0.437 e. The first-order valence-corrected chi connectivity index (χ1v) is 11.2. The number of hydrogen-bond acceptors (Lipinski definition) is 2. The van der Waals surface area contributed by atoms with Gasteiger partial charge in [-0.1, -0.05) is 66.7 Å². The van der Waals surface area contributed by atoms with Gasteiger partial charge in [0, 0.05) is 23.1 Å². The average Bonchev–Trinajstić information content (AvgIpc) is 3.22. The Hall–Kier alpha value is -4.31. The fraction of sp³-hybridized carbons (Fsp3) is 0.0667. The number of aryl methyl sites for hydroxylation is 2. The SMILES string of the molecule is Cc1ccc2c(oc3nc(-c4ccc(-c5ccccc5)cc4)c(F)cc32)c1-c1cccc[n+]1C. The zero-order chi connectivity index (χ0) is 23.2. The van der Waals surface area contributed by atoms with Crippen molar-refractivity contribution in [3.05, 3.63) is 109 Å². The molecule has 0 amide bonds. The largest absolute Gasteiger partial charge is 0.437 e.